The van der Waals surface area contributed by atoms with Crippen LogP contribution in [-0.4, -0.2) is 47.7 Å². The minimum atomic E-state index is -0.0682. The molecule has 4 heterocycles. The molecule has 0 atom stereocenters. The number of fused-ring (bicyclic) bond motifs is 1. The number of anilines is 3. The summed E-state index contributed by atoms with van der Waals surface area (Å²) >= 11 is 1.36. The molecule has 0 aliphatic heterocycles. The molecule has 150 valence electrons. The van der Waals surface area contributed by atoms with E-state index in [1.807, 2.05) is 43.1 Å². The van der Waals surface area contributed by atoms with Gasteiger partial charge in [0.25, 0.3) is 0 Å². The van der Waals surface area contributed by atoms with Crippen LogP contribution < -0.4 is 16.0 Å². The van der Waals surface area contributed by atoms with Gasteiger partial charge in [-0.05, 0) is 30.6 Å². The smallest absolute Gasteiger partial charge is 0.230 e. The predicted octanol–water partition coefficient (Wildman–Crippen LogP) is 2.21. The summed E-state index contributed by atoms with van der Waals surface area (Å²) in [6, 6.07) is 3.88. The van der Waals surface area contributed by atoms with Crippen molar-refractivity contribution in [3.63, 3.8) is 0 Å². The highest BCUT2D eigenvalue weighted by atomic mass is 32.1. The predicted molar refractivity (Wildman–Crippen MR) is 113 cm³/mol. The van der Waals surface area contributed by atoms with Crippen molar-refractivity contribution in [3.8, 4) is 5.69 Å². The molecule has 0 unspecified atom stereocenters. The fourth-order valence-corrected chi connectivity index (χ4v) is 3.58. The van der Waals surface area contributed by atoms with Crippen molar-refractivity contribution in [2.75, 3.05) is 23.7 Å². The van der Waals surface area contributed by atoms with Gasteiger partial charge in [-0.1, -0.05) is 0 Å². The highest BCUT2D eigenvalue weighted by Crippen LogP contribution is 2.28. The number of aryl methyl sites for hydroxylation is 2. The second-order valence-electron chi connectivity index (χ2n) is 6.55. The Balaban J connectivity index is 1.70. The molecule has 4 aromatic heterocycles. The quantitative estimate of drug-likeness (QED) is 0.399. The Morgan fingerprint density at radius 1 is 1.28 bits per heavy atom. The van der Waals surface area contributed by atoms with Crippen molar-refractivity contribution in [1.29, 1.82) is 0 Å². The summed E-state index contributed by atoms with van der Waals surface area (Å²) in [5.41, 5.74) is 3.48. The first kappa shape index (κ1) is 18.9. The molecule has 4 aromatic rings. The lowest BCUT2D eigenvalue weighted by Crippen LogP contribution is -2.26. The van der Waals surface area contributed by atoms with E-state index in [0.717, 1.165) is 27.4 Å². The Labute approximate surface area is 171 Å². The standard InChI is InChI=1S/C18H21N9OS/c1-11-8-15(29-25-11)23-18-22-14-4-7-27(13-9-21-26(3)10-13)16(14)17(24-18)20-6-5-19-12(2)28/h4,7-10H,5-6H2,1-3H3,(H,19,28)(H2,20,22,23,24). The lowest BCUT2D eigenvalue weighted by molar-refractivity contribution is -0.118. The monoisotopic (exact) mass is 411 g/mol. The van der Waals surface area contributed by atoms with Gasteiger partial charge in [-0.3, -0.25) is 9.48 Å². The number of hydrogen-bond acceptors (Lipinski definition) is 8. The minimum Gasteiger partial charge on any atom is -0.366 e. The molecule has 0 aromatic carbocycles. The van der Waals surface area contributed by atoms with E-state index in [2.05, 4.69) is 35.4 Å². The zero-order chi connectivity index (χ0) is 20.4. The van der Waals surface area contributed by atoms with E-state index in [1.54, 1.807) is 10.9 Å². The van der Waals surface area contributed by atoms with Crippen LogP contribution in [-0.2, 0) is 11.8 Å². The maximum absolute atomic E-state index is 11.1. The third kappa shape index (κ3) is 4.19. The number of carbonyl (C=O) groups excluding carboxylic acids is 1. The van der Waals surface area contributed by atoms with Gasteiger partial charge in [-0.25, -0.2) is 4.98 Å². The van der Waals surface area contributed by atoms with E-state index in [9.17, 15) is 4.79 Å². The van der Waals surface area contributed by atoms with E-state index < -0.39 is 0 Å². The Kier molecular flexibility index (Phi) is 5.12. The van der Waals surface area contributed by atoms with Crippen molar-refractivity contribution >= 4 is 45.2 Å². The van der Waals surface area contributed by atoms with Crippen molar-refractivity contribution in [3.05, 3.63) is 36.4 Å². The minimum absolute atomic E-state index is 0.0682. The second kappa shape index (κ2) is 7.87. The summed E-state index contributed by atoms with van der Waals surface area (Å²) in [6.45, 7) is 4.46. The van der Waals surface area contributed by atoms with Crippen molar-refractivity contribution in [2.45, 2.75) is 13.8 Å². The zero-order valence-electron chi connectivity index (χ0n) is 16.3. The second-order valence-corrected chi connectivity index (χ2v) is 7.36. The van der Waals surface area contributed by atoms with Crippen LogP contribution in [0.3, 0.4) is 0 Å². The number of carbonyl (C=O) groups is 1. The summed E-state index contributed by atoms with van der Waals surface area (Å²) in [5.74, 6) is 1.08. The fraction of sp³-hybridized carbons (Fsp3) is 0.278. The molecule has 0 saturated carbocycles. The van der Waals surface area contributed by atoms with Crippen LogP contribution >= 0.6 is 11.5 Å². The molecule has 11 heteroatoms. The van der Waals surface area contributed by atoms with Gasteiger partial charge in [-0.15, -0.1) is 0 Å². The molecule has 29 heavy (non-hydrogen) atoms. The molecule has 0 spiro atoms. The van der Waals surface area contributed by atoms with Gasteiger partial charge in [0.2, 0.25) is 11.9 Å². The molecular formula is C18H21N9OS. The van der Waals surface area contributed by atoms with Crippen LogP contribution in [0.15, 0.2) is 30.7 Å². The zero-order valence-corrected chi connectivity index (χ0v) is 17.1. The topological polar surface area (TPSA) is 115 Å². The largest absolute Gasteiger partial charge is 0.366 e. The third-order valence-electron chi connectivity index (χ3n) is 4.16. The summed E-state index contributed by atoms with van der Waals surface area (Å²) in [5, 5.41) is 14.4. The number of nitrogens with zero attached hydrogens (tertiary/aromatic N) is 6. The van der Waals surface area contributed by atoms with Crippen molar-refractivity contribution in [1.82, 2.24) is 34.0 Å². The number of rotatable bonds is 7. The van der Waals surface area contributed by atoms with Crippen LogP contribution in [0.5, 0.6) is 0 Å². The molecule has 1 amide bonds. The SMILES string of the molecule is CC(=O)NCCNc1nc(Nc2cc(C)ns2)nc2ccn(-c3cnn(C)c3)c12. The highest BCUT2D eigenvalue weighted by molar-refractivity contribution is 7.10. The normalized spacial score (nSPS) is 11.0. The average Bonchev–Trinajstić information content (AvgIpc) is 3.38. The van der Waals surface area contributed by atoms with Crippen LogP contribution in [0, 0.1) is 6.92 Å². The van der Waals surface area contributed by atoms with Gasteiger partial charge in [-0.2, -0.15) is 14.5 Å². The third-order valence-corrected chi connectivity index (χ3v) is 4.95. The van der Waals surface area contributed by atoms with E-state index in [-0.39, 0.29) is 5.91 Å². The fourth-order valence-electron chi connectivity index (χ4n) is 2.92. The molecule has 3 N–H and O–H groups in total. The van der Waals surface area contributed by atoms with E-state index in [0.29, 0.717) is 24.9 Å². The van der Waals surface area contributed by atoms with Crippen LogP contribution in [0.4, 0.5) is 16.8 Å². The van der Waals surface area contributed by atoms with E-state index in [1.165, 1.54) is 18.5 Å². The number of hydrogen-bond donors (Lipinski definition) is 3. The van der Waals surface area contributed by atoms with Gasteiger partial charge >= 0.3 is 0 Å². The first-order valence-electron chi connectivity index (χ1n) is 9.06. The molecule has 0 aliphatic rings. The summed E-state index contributed by atoms with van der Waals surface area (Å²) in [4.78, 5) is 20.5. The number of amides is 1. The maximum Gasteiger partial charge on any atom is 0.230 e. The first-order valence-corrected chi connectivity index (χ1v) is 9.84. The highest BCUT2D eigenvalue weighted by Gasteiger charge is 2.15. The molecule has 4 rings (SSSR count). The Bertz CT molecular complexity index is 1160. The molecule has 10 nitrogen and oxygen atoms in total. The average molecular weight is 411 g/mol. The lowest BCUT2D eigenvalue weighted by atomic mass is 10.4. The molecule has 0 saturated heterocycles. The van der Waals surface area contributed by atoms with E-state index >= 15 is 0 Å². The summed E-state index contributed by atoms with van der Waals surface area (Å²) in [6.07, 6.45) is 5.65. The molecular weight excluding hydrogens is 390 g/mol. The van der Waals surface area contributed by atoms with Crippen LogP contribution in [0.1, 0.15) is 12.6 Å². The van der Waals surface area contributed by atoms with Crippen LogP contribution in [0.25, 0.3) is 16.7 Å². The molecule has 0 aliphatic carbocycles. The van der Waals surface area contributed by atoms with Gasteiger partial charge in [0.1, 0.15) is 10.5 Å². The number of nitrogens with one attached hydrogen (secondary N) is 3. The van der Waals surface area contributed by atoms with Gasteiger partial charge in [0.05, 0.1) is 23.1 Å². The first-order chi connectivity index (χ1) is 14.0. The maximum atomic E-state index is 11.1. The van der Waals surface area contributed by atoms with Gasteiger partial charge in [0.15, 0.2) is 5.82 Å². The Morgan fingerprint density at radius 2 is 2.14 bits per heavy atom. The summed E-state index contributed by atoms with van der Waals surface area (Å²) < 4.78 is 8.01. The Morgan fingerprint density at radius 3 is 2.83 bits per heavy atom. The van der Waals surface area contributed by atoms with Crippen LogP contribution in [0.2, 0.25) is 0 Å². The molecule has 0 radical (unpaired) electrons. The Hall–Kier alpha value is -3.47. The van der Waals surface area contributed by atoms with Gasteiger partial charge < -0.3 is 20.5 Å². The molecule has 0 bridgehead atoms. The van der Waals surface area contributed by atoms with Crippen molar-refractivity contribution in [2.24, 2.45) is 7.05 Å². The van der Waals surface area contributed by atoms with E-state index in [4.69, 9.17) is 0 Å². The number of aromatic nitrogens is 6. The lowest BCUT2D eigenvalue weighted by Gasteiger charge is -2.12. The van der Waals surface area contributed by atoms with Crippen molar-refractivity contribution < 1.29 is 4.79 Å². The summed E-state index contributed by atoms with van der Waals surface area (Å²) in [7, 11) is 1.87. The van der Waals surface area contributed by atoms with Gasteiger partial charge in [0, 0.05) is 39.5 Å². The molecule has 0 fully saturated rings.